The van der Waals surface area contributed by atoms with Crippen molar-refractivity contribution in [1.82, 2.24) is 5.32 Å². The summed E-state index contributed by atoms with van der Waals surface area (Å²) in [6.07, 6.45) is 1.79. The van der Waals surface area contributed by atoms with Gasteiger partial charge in [0.1, 0.15) is 6.04 Å². The van der Waals surface area contributed by atoms with Crippen LogP contribution in [0.4, 0.5) is 11.4 Å². The second-order valence-corrected chi connectivity index (χ2v) is 6.87. The van der Waals surface area contributed by atoms with E-state index in [1.807, 2.05) is 24.3 Å². The highest BCUT2D eigenvalue weighted by atomic mass is 16.5. The lowest BCUT2D eigenvalue weighted by Crippen LogP contribution is -2.45. The molecule has 2 amide bonds. The summed E-state index contributed by atoms with van der Waals surface area (Å²) in [6, 6.07) is 10.2. The Balaban J connectivity index is 1.56. The monoisotopic (exact) mass is 371 g/mol. The number of carbonyl (C=O) groups excluding carboxylic acids is 2. The fraction of sp³-hybridized carbons (Fsp3) is 0.400. The van der Waals surface area contributed by atoms with Gasteiger partial charge in [-0.15, -0.1) is 0 Å². The van der Waals surface area contributed by atoms with E-state index < -0.39 is 11.9 Å². The number of hydrogen-bond donors (Lipinski definition) is 2. The Hall–Kier alpha value is -2.80. The van der Waals surface area contributed by atoms with E-state index in [2.05, 4.69) is 29.4 Å². The number of hydrogen-bond acceptors (Lipinski definition) is 5. The summed E-state index contributed by atoms with van der Waals surface area (Å²) in [5.74, 6) is -0.544. The second-order valence-electron chi connectivity index (χ2n) is 6.87. The molecule has 0 saturated carbocycles. The van der Waals surface area contributed by atoms with Gasteiger partial charge >= 0.3 is 0 Å². The van der Waals surface area contributed by atoms with Crippen molar-refractivity contribution in [3.63, 3.8) is 0 Å². The van der Waals surface area contributed by atoms with E-state index in [0.29, 0.717) is 5.69 Å². The fourth-order valence-electron chi connectivity index (χ4n) is 3.14. The van der Waals surface area contributed by atoms with Crippen molar-refractivity contribution < 1.29 is 18.7 Å². The minimum atomic E-state index is -0.691. The lowest BCUT2D eigenvalue weighted by molar-refractivity contribution is -0.117. The SMILES string of the molecule is CC1CN(c2ccc(NC(=O)C(C)NC(=O)c3ccco3)cc2)CC(C)O1. The quantitative estimate of drug-likeness (QED) is 0.844. The first-order valence-corrected chi connectivity index (χ1v) is 9.08. The number of nitrogens with one attached hydrogen (secondary N) is 2. The van der Waals surface area contributed by atoms with Crippen LogP contribution >= 0.6 is 0 Å². The molecule has 1 aliphatic rings. The average molecular weight is 371 g/mol. The van der Waals surface area contributed by atoms with Crippen LogP contribution in [-0.4, -0.2) is 43.2 Å². The van der Waals surface area contributed by atoms with E-state index in [1.165, 1.54) is 6.26 Å². The van der Waals surface area contributed by atoms with Crippen molar-refractivity contribution in [2.24, 2.45) is 0 Å². The van der Waals surface area contributed by atoms with Crippen LogP contribution < -0.4 is 15.5 Å². The first-order chi connectivity index (χ1) is 12.9. The Labute approximate surface area is 158 Å². The van der Waals surface area contributed by atoms with Crippen LogP contribution in [0.25, 0.3) is 0 Å². The first-order valence-electron chi connectivity index (χ1n) is 9.08. The maximum absolute atomic E-state index is 12.3. The molecule has 1 aromatic heterocycles. The normalized spacial score (nSPS) is 20.8. The van der Waals surface area contributed by atoms with Gasteiger partial charge in [0.2, 0.25) is 5.91 Å². The molecular formula is C20H25N3O4. The van der Waals surface area contributed by atoms with Crippen molar-refractivity contribution in [3.8, 4) is 0 Å². The fourth-order valence-corrected chi connectivity index (χ4v) is 3.14. The van der Waals surface area contributed by atoms with Crippen LogP contribution in [0, 0.1) is 0 Å². The number of anilines is 2. The van der Waals surface area contributed by atoms with Crippen molar-refractivity contribution in [3.05, 3.63) is 48.4 Å². The van der Waals surface area contributed by atoms with Gasteiger partial charge in [-0.05, 0) is 57.2 Å². The maximum atomic E-state index is 12.3. The summed E-state index contributed by atoms with van der Waals surface area (Å²) in [5.41, 5.74) is 1.77. The van der Waals surface area contributed by atoms with Gasteiger partial charge in [0.05, 0.1) is 18.5 Å². The van der Waals surface area contributed by atoms with Gasteiger partial charge in [0.25, 0.3) is 5.91 Å². The molecule has 0 spiro atoms. The molecule has 27 heavy (non-hydrogen) atoms. The second kappa shape index (κ2) is 8.26. The molecule has 7 nitrogen and oxygen atoms in total. The summed E-state index contributed by atoms with van der Waals surface area (Å²) >= 11 is 0. The molecule has 1 fully saturated rings. The standard InChI is InChI=1S/C20H25N3O4/c1-13-11-23(12-14(2)27-13)17-8-6-16(7-9-17)22-19(24)15(3)21-20(25)18-5-4-10-26-18/h4-10,13-15H,11-12H2,1-3H3,(H,21,25)(H,22,24). The molecule has 1 saturated heterocycles. The predicted molar refractivity (Wildman–Crippen MR) is 103 cm³/mol. The molecule has 2 N–H and O–H groups in total. The highest BCUT2D eigenvalue weighted by Gasteiger charge is 2.22. The van der Waals surface area contributed by atoms with Gasteiger partial charge < -0.3 is 24.7 Å². The molecule has 0 aliphatic carbocycles. The minimum Gasteiger partial charge on any atom is -0.459 e. The Morgan fingerprint density at radius 3 is 2.37 bits per heavy atom. The van der Waals surface area contributed by atoms with E-state index in [-0.39, 0.29) is 23.9 Å². The summed E-state index contributed by atoms with van der Waals surface area (Å²) in [4.78, 5) is 26.5. The first kappa shape index (κ1) is 19.0. The highest BCUT2D eigenvalue weighted by Crippen LogP contribution is 2.22. The molecule has 1 aliphatic heterocycles. The number of morpholine rings is 1. The molecule has 144 valence electrons. The zero-order valence-corrected chi connectivity index (χ0v) is 15.8. The third-order valence-electron chi connectivity index (χ3n) is 4.41. The number of ether oxygens (including phenoxy) is 1. The molecule has 3 rings (SSSR count). The van der Waals surface area contributed by atoms with Gasteiger partial charge in [-0.25, -0.2) is 0 Å². The highest BCUT2D eigenvalue weighted by molar-refractivity contribution is 5.99. The summed E-state index contributed by atoms with van der Waals surface area (Å²) in [5, 5.41) is 5.42. The molecule has 3 unspecified atom stereocenters. The maximum Gasteiger partial charge on any atom is 0.287 e. The minimum absolute atomic E-state index is 0.174. The number of carbonyl (C=O) groups is 2. The summed E-state index contributed by atoms with van der Waals surface area (Å²) in [6.45, 7) is 7.43. The van der Waals surface area contributed by atoms with E-state index in [0.717, 1.165) is 18.8 Å². The largest absolute Gasteiger partial charge is 0.459 e. The molecule has 2 heterocycles. The topological polar surface area (TPSA) is 83.8 Å². The van der Waals surface area contributed by atoms with E-state index in [9.17, 15) is 9.59 Å². The lowest BCUT2D eigenvalue weighted by atomic mass is 10.2. The number of benzene rings is 1. The van der Waals surface area contributed by atoms with Crippen LogP contribution in [0.2, 0.25) is 0 Å². The number of amides is 2. The van der Waals surface area contributed by atoms with Crippen molar-refractivity contribution in [1.29, 1.82) is 0 Å². The molecule has 0 bridgehead atoms. The average Bonchev–Trinajstić information content (AvgIpc) is 3.16. The smallest absolute Gasteiger partial charge is 0.287 e. The third-order valence-corrected chi connectivity index (χ3v) is 4.41. The van der Waals surface area contributed by atoms with Crippen LogP contribution in [0.3, 0.4) is 0 Å². The molecule has 1 aromatic carbocycles. The van der Waals surface area contributed by atoms with Gasteiger partial charge in [0.15, 0.2) is 5.76 Å². The van der Waals surface area contributed by atoms with Gasteiger partial charge in [-0.3, -0.25) is 9.59 Å². The molecule has 2 aromatic rings. The Kier molecular flexibility index (Phi) is 5.81. The third kappa shape index (κ3) is 4.89. The van der Waals surface area contributed by atoms with Crippen molar-refractivity contribution in [2.75, 3.05) is 23.3 Å². The number of nitrogens with zero attached hydrogens (tertiary/aromatic N) is 1. The van der Waals surface area contributed by atoms with Crippen LogP contribution in [0.1, 0.15) is 31.3 Å². The van der Waals surface area contributed by atoms with E-state index in [4.69, 9.17) is 9.15 Å². The van der Waals surface area contributed by atoms with Crippen molar-refractivity contribution >= 4 is 23.2 Å². The zero-order chi connectivity index (χ0) is 19.4. The number of rotatable bonds is 5. The zero-order valence-electron chi connectivity index (χ0n) is 15.8. The molecule has 7 heteroatoms. The van der Waals surface area contributed by atoms with Crippen LogP contribution in [0.15, 0.2) is 47.1 Å². The Bertz CT molecular complexity index is 763. The summed E-state index contributed by atoms with van der Waals surface area (Å²) < 4.78 is 10.8. The molecule has 3 atom stereocenters. The predicted octanol–water partition coefficient (Wildman–Crippen LogP) is 2.65. The van der Waals surface area contributed by atoms with Gasteiger partial charge in [-0.2, -0.15) is 0 Å². The Morgan fingerprint density at radius 1 is 1.11 bits per heavy atom. The van der Waals surface area contributed by atoms with Crippen LogP contribution in [-0.2, 0) is 9.53 Å². The van der Waals surface area contributed by atoms with E-state index >= 15 is 0 Å². The summed E-state index contributed by atoms with van der Waals surface area (Å²) in [7, 11) is 0. The van der Waals surface area contributed by atoms with E-state index in [1.54, 1.807) is 19.1 Å². The number of furan rings is 1. The van der Waals surface area contributed by atoms with Crippen molar-refractivity contribution in [2.45, 2.75) is 39.0 Å². The lowest BCUT2D eigenvalue weighted by Gasteiger charge is -2.36. The Morgan fingerprint density at radius 2 is 1.78 bits per heavy atom. The van der Waals surface area contributed by atoms with Crippen LogP contribution in [0.5, 0.6) is 0 Å². The van der Waals surface area contributed by atoms with Gasteiger partial charge in [-0.1, -0.05) is 0 Å². The molecular weight excluding hydrogens is 346 g/mol. The molecule has 0 radical (unpaired) electrons. The van der Waals surface area contributed by atoms with Gasteiger partial charge in [0, 0.05) is 24.5 Å².